The molecule has 1 aliphatic heterocycles. The maximum absolute atomic E-state index is 5.66. The lowest BCUT2D eigenvalue weighted by Crippen LogP contribution is -2.39. The number of nitrogens with one attached hydrogen (secondary N) is 2. The molecule has 1 fully saturated rings. The first-order valence-corrected chi connectivity index (χ1v) is 10.7. The van der Waals surface area contributed by atoms with E-state index in [9.17, 15) is 0 Å². The van der Waals surface area contributed by atoms with Crippen LogP contribution < -0.4 is 15.4 Å². The number of aromatic nitrogens is 1. The minimum absolute atomic E-state index is 0. The summed E-state index contributed by atoms with van der Waals surface area (Å²) in [6.45, 7) is 8.30. The van der Waals surface area contributed by atoms with Crippen LogP contribution in [0.1, 0.15) is 37.3 Å². The summed E-state index contributed by atoms with van der Waals surface area (Å²) in [7, 11) is 0. The summed E-state index contributed by atoms with van der Waals surface area (Å²) in [4.78, 5) is 11.3. The Morgan fingerprint density at radius 3 is 2.53 bits per heavy atom. The van der Waals surface area contributed by atoms with E-state index in [1.165, 1.54) is 43.5 Å². The van der Waals surface area contributed by atoms with Gasteiger partial charge < -0.3 is 15.4 Å². The van der Waals surface area contributed by atoms with Gasteiger partial charge in [-0.2, -0.15) is 0 Å². The Morgan fingerprint density at radius 1 is 1.07 bits per heavy atom. The van der Waals surface area contributed by atoms with Gasteiger partial charge in [0, 0.05) is 19.3 Å². The molecule has 0 aliphatic carbocycles. The van der Waals surface area contributed by atoms with Crippen molar-refractivity contribution in [2.24, 2.45) is 4.99 Å². The molecule has 30 heavy (non-hydrogen) atoms. The zero-order valence-electron chi connectivity index (χ0n) is 17.8. The normalized spacial score (nSPS) is 14.6. The Balaban J connectivity index is 0.00000320. The van der Waals surface area contributed by atoms with Gasteiger partial charge in [0.1, 0.15) is 12.4 Å². The van der Waals surface area contributed by atoms with E-state index in [1.54, 1.807) is 12.4 Å². The highest BCUT2D eigenvalue weighted by Crippen LogP contribution is 2.14. The molecule has 0 radical (unpaired) electrons. The van der Waals surface area contributed by atoms with Crippen LogP contribution in [0.25, 0.3) is 0 Å². The summed E-state index contributed by atoms with van der Waals surface area (Å²) in [5.74, 6) is 1.58. The Labute approximate surface area is 197 Å². The van der Waals surface area contributed by atoms with Crippen molar-refractivity contribution in [3.8, 4) is 5.75 Å². The van der Waals surface area contributed by atoms with E-state index < -0.39 is 0 Å². The lowest BCUT2D eigenvalue weighted by Gasteiger charge is -2.26. The fourth-order valence-corrected chi connectivity index (χ4v) is 3.41. The van der Waals surface area contributed by atoms with Crippen LogP contribution in [0.4, 0.5) is 0 Å². The van der Waals surface area contributed by atoms with Gasteiger partial charge in [0.15, 0.2) is 5.96 Å². The van der Waals surface area contributed by atoms with Gasteiger partial charge in [-0.25, -0.2) is 4.99 Å². The van der Waals surface area contributed by atoms with Crippen molar-refractivity contribution in [1.29, 1.82) is 0 Å². The zero-order valence-corrected chi connectivity index (χ0v) is 20.2. The molecule has 2 heterocycles. The fraction of sp³-hybridized carbons (Fsp3) is 0.478. The molecule has 2 N–H and O–H groups in total. The number of nitrogens with zero attached hydrogens (tertiary/aromatic N) is 3. The predicted molar refractivity (Wildman–Crippen MR) is 134 cm³/mol. The Morgan fingerprint density at radius 2 is 1.83 bits per heavy atom. The largest absolute Gasteiger partial charge is 0.490 e. The third-order valence-electron chi connectivity index (χ3n) is 4.94. The number of pyridine rings is 1. The van der Waals surface area contributed by atoms with E-state index in [1.807, 2.05) is 12.1 Å². The smallest absolute Gasteiger partial charge is 0.191 e. The molecular formula is C23H34IN5O. The molecule has 7 heteroatoms. The maximum Gasteiger partial charge on any atom is 0.191 e. The van der Waals surface area contributed by atoms with Crippen LogP contribution in [0.3, 0.4) is 0 Å². The molecule has 1 saturated heterocycles. The van der Waals surface area contributed by atoms with E-state index in [2.05, 4.69) is 56.7 Å². The second-order valence-electron chi connectivity index (χ2n) is 7.31. The topological polar surface area (TPSA) is 61.8 Å². The number of rotatable bonds is 9. The molecule has 1 aromatic carbocycles. The number of benzene rings is 1. The number of hydrogen-bond donors (Lipinski definition) is 2. The van der Waals surface area contributed by atoms with Gasteiger partial charge in [-0.05, 0) is 56.1 Å². The van der Waals surface area contributed by atoms with Gasteiger partial charge >= 0.3 is 0 Å². The average molecular weight is 523 g/mol. The first-order chi connectivity index (χ1) is 14.3. The molecule has 2 aromatic rings. The lowest BCUT2D eigenvalue weighted by atomic mass is 10.1. The van der Waals surface area contributed by atoms with E-state index in [0.717, 1.165) is 24.8 Å². The molecule has 1 aromatic heterocycles. The highest BCUT2D eigenvalue weighted by molar-refractivity contribution is 14.0. The second-order valence-corrected chi connectivity index (χ2v) is 7.31. The van der Waals surface area contributed by atoms with Crippen molar-refractivity contribution in [1.82, 2.24) is 20.5 Å². The maximum atomic E-state index is 5.66. The molecular weight excluding hydrogens is 489 g/mol. The number of guanidine groups is 1. The average Bonchev–Trinajstić information content (AvgIpc) is 2.77. The SMILES string of the molecule is CCNC(=NCc1ccc(CN2CCCCC2)cc1)NCCOc1cccnc1.I. The van der Waals surface area contributed by atoms with Gasteiger partial charge in [-0.3, -0.25) is 9.88 Å². The first kappa shape index (κ1) is 24.4. The minimum Gasteiger partial charge on any atom is -0.490 e. The van der Waals surface area contributed by atoms with Gasteiger partial charge in [0.2, 0.25) is 0 Å². The van der Waals surface area contributed by atoms with E-state index in [0.29, 0.717) is 19.7 Å². The summed E-state index contributed by atoms with van der Waals surface area (Å²) < 4.78 is 5.66. The van der Waals surface area contributed by atoms with Crippen molar-refractivity contribution in [3.05, 3.63) is 59.9 Å². The summed E-state index contributed by atoms with van der Waals surface area (Å²) in [6, 6.07) is 12.6. The van der Waals surface area contributed by atoms with Gasteiger partial charge in [0.25, 0.3) is 0 Å². The number of ether oxygens (including phenoxy) is 1. The van der Waals surface area contributed by atoms with Crippen LogP contribution in [0.2, 0.25) is 0 Å². The third-order valence-corrected chi connectivity index (χ3v) is 4.94. The van der Waals surface area contributed by atoms with Crippen LogP contribution in [-0.2, 0) is 13.1 Å². The van der Waals surface area contributed by atoms with E-state index in [4.69, 9.17) is 4.74 Å². The quantitative estimate of drug-likeness (QED) is 0.227. The second kappa shape index (κ2) is 14.2. The molecule has 3 rings (SSSR count). The minimum atomic E-state index is 0. The third kappa shape index (κ3) is 8.87. The fourth-order valence-electron chi connectivity index (χ4n) is 3.41. The number of hydrogen-bond acceptors (Lipinski definition) is 4. The number of piperidine rings is 1. The molecule has 1 aliphatic rings. The Hall–Kier alpha value is -1.87. The van der Waals surface area contributed by atoms with Crippen LogP contribution >= 0.6 is 24.0 Å². The van der Waals surface area contributed by atoms with Gasteiger partial charge in [-0.1, -0.05) is 30.7 Å². The molecule has 0 bridgehead atoms. The highest BCUT2D eigenvalue weighted by atomic mass is 127. The van der Waals surface area contributed by atoms with Gasteiger partial charge in [-0.15, -0.1) is 24.0 Å². The standard InChI is InChI=1S/C23H33N5O.HI/c1-2-25-23(26-13-16-29-22-7-6-12-24-18-22)27-17-20-8-10-21(11-9-20)19-28-14-4-3-5-15-28;/h6-12,18H,2-5,13-17,19H2,1H3,(H2,25,26,27);1H. The molecule has 164 valence electrons. The predicted octanol–water partition coefficient (Wildman–Crippen LogP) is 3.82. The van der Waals surface area contributed by atoms with Crippen molar-refractivity contribution < 1.29 is 4.74 Å². The van der Waals surface area contributed by atoms with E-state index in [-0.39, 0.29) is 24.0 Å². The highest BCUT2D eigenvalue weighted by Gasteiger charge is 2.10. The van der Waals surface area contributed by atoms with Crippen LogP contribution in [0.15, 0.2) is 53.8 Å². The number of halogens is 1. The zero-order chi connectivity index (χ0) is 20.2. The summed E-state index contributed by atoms with van der Waals surface area (Å²) in [6.07, 6.45) is 7.50. The van der Waals surface area contributed by atoms with Crippen LogP contribution in [-0.4, -0.2) is 48.6 Å². The summed E-state index contributed by atoms with van der Waals surface area (Å²) in [5, 5.41) is 6.59. The van der Waals surface area contributed by atoms with Gasteiger partial charge in [0.05, 0.1) is 19.3 Å². The molecule has 0 amide bonds. The lowest BCUT2D eigenvalue weighted by molar-refractivity contribution is 0.221. The molecule has 0 unspecified atom stereocenters. The molecule has 0 spiro atoms. The van der Waals surface area contributed by atoms with Crippen molar-refractivity contribution in [2.75, 3.05) is 32.8 Å². The van der Waals surface area contributed by atoms with Crippen molar-refractivity contribution in [2.45, 2.75) is 39.3 Å². The number of likely N-dealkylation sites (tertiary alicyclic amines) is 1. The first-order valence-electron chi connectivity index (χ1n) is 10.7. The Kier molecular flexibility index (Phi) is 11.5. The van der Waals surface area contributed by atoms with Crippen molar-refractivity contribution in [3.63, 3.8) is 0 Å². The monoisotopic (exact) mass is 523 g/mol. The van der Waals surface area contributed by atoms with E-state index >= 15 is 0 Å². The summed E-state index contributed by atoms with van der Waals surface area (Å²) in [5.41, 5.74) is 2.61. The molecule has 6 nitrogen and oxygen atoms in total. The number of aliphatic imine (C=N–C) groups is 1. The van der Waals surface area contributed by atoms with Crippen molar-refractivity contribution >= 4 is 29.9 Å². The van der Waals surface area contributed by atoms with Crippen LogP contribution in [0.5, 0.6) is 5.75 Å². The summed E-state index contributed by atoms with van der Waals surface area (Å²) >= 11 is 0. The Bertz CT molecular complexity index is 733. The van der Waals surface area contributed by atoms with Crippen LogP contribution in [0, 0.1) is 0 Å². The molecule has 0 saturated carbocycles. The molecule has 0 atom stereocenters.